The number of hydrogen-bond acceptors (Lipinski definition) is 3. The molecule has 1 saturated carbocycles. The molecule has 1 aliphatic carbocycles. The molecule has 21 heavy (non-hydrogen) atoms. The number of nitrogens with one attached hydrogen (secondary N) is 1. The molecule has 4 heteroatoms. The zero-order valence-corrected chi connectivity index (χ0v) is 14.3. The average molecular weight is 306 g/mol. The second kappa shape index (κ2) is 5.10. The largest absolute Gasteiger partial charge is 0.317 e. The molecule has 2 aliphatic rings. The lowest BCUT2D eigenvalue weighted by molar-refractivity contribution is -0.135. The zero-order chi connectivity index (χ0) is 15.3. The van der Waals surface area contributed by atoms with E-state index in [-0.39, 0.29) is 12.1 Å². The van der Waals surface area contributed by atoms with Crippen molar-refractivity contribution in [3.8, 4) is 0 Å². The van der Waals surface area contributed by atoms with Crippen LogP contribution in [-0.4, -0.2) is 22.4 Å². The predicted molar refractivity (Wildman–Crippen MR) is 87.2 cm³/mol. The van der Waals surface area contributed by atoms with Gasteiger partial charge in [-0.25, -0.2) is 0 Å². The van der Waals surface area contributed by atoms with Crippen LogP contribution in [0.5, 0.6) is 0 Å². The Morgan fingerprint density at radius 1 is 1.43 bits per heavy atom. The number of carbonyl (C=O) groups excluding carboxylic acids is 1. The summed E-state index contributed by atoms with van der Waals surface area (Å²) in [4.78, 5) is 16.4. The van der Waals surface area contributed by atoms with Crippen LogP contribution in [0.4, 0.5) is 0 Å². The van der Waals surface area contributed by atoms with Gasteiger partial charge in [0.15, 0.2) is 0 Å². The molecule has 3 rings (SSSR count). The maximum absolute atomic E-state index is 13.0. The predicted octanol–water partition coefficient (Wildman–Crippen LogP) is 3.93. The molecule has 0 aromatic carbocycles. The van der Waals surface area contributed by atoms with E-state index >= 15 is 0 Å². The first-order valence-corrected chi connectivity index (χ1v) is 8.88. The van der Waals surface area contributed by atoms with E-state index in [1.807, 2.05) is 0 Å². The SMILES string of the molecule is CCC1(C)NC(c2cccs2)N(C2CCC(C)(C)C2)C1=O. The monoisotopic (exact) mass is 306 g/mol. The van der Waals surface area contributed by atoms with Gasteiger partial charge in [-0.1, -0.05) is 26.8 Å². The van der Waals surface area contributed by atoms with E-state index in [0.29, 0.717) is 11.5 Å². The Balaban J connectivity index is 1.92. The van der Waals surface area contributed by atoms with Gasteiger partial charge in [0.05, 0.1) is 5.54 Å². The second-order valence-electron chi connectivity index (χ2n) is 7.52. The van der Waals surface area contributed by atoms with Gasteiger partial charge in [0, 0.05) is 10.9 Å². The van der Waals surface area contributed by atoms with Crippen LogP contribution in [0, 0.1) is 5.41 Å². The molecule has 3 nitrogen and oxygen atoms in total. The summed E-state index contributed by atoms with van der Waals surface area (Å²) in [5.41, 5.74) is -0.0580. The van der Waals surface area contributed by atoms with Crippen LogP contribution in [0.1, 0.15) is 64.4 Å². The summed E-state index contributed by atoms with van der Waals surface area (Å²) in [6, 6.07) is 4.59. The molecule has 3 unspecified atom stereocenters. The van der Waals surface area contributed by atoms with Crippen molar-refractivity contribution in [2.45, 2.75) is 71.1 Å². The maximum Gasteiger partial charge on any atom is 0.244 e. The molecule has 1 aromatic rings. The molecular weight excluding hydrogens is 280 g/mol. The van der Waals surface area contributed by atoms with Crippen molar-refractivity contribution in [2.75, 3.05) is 0 Å². The third kappa shape index (κ3) is 2.53. The van der Waals surface area contributed by atoms with Crippen LogP contribution in [0.25, 0.3) is 0 Å². The van der Waals surface area contributed by atoms with Crippen molar-refractivity contribution in [3.05, 3.63) is 22.4 Å². The highest BCUT2D eigenvalue weighted by atomic mass is 32.1. The fourth-order valence-electron chi connectivity index (χ4n) is 3.76. The van der Waals surface area contributed by atoms with Crippen molar-refractivity contribution >= 4 is 17.2 Å². The number of rotatable bonds is 3. The van der Waals surface area contributed by atoms with Crippen LogP contribution in [0.15, 0.2) is 17.5 Å². The Labute approximate surface area is 131 Å². The van der Waals surface area contributed by atoms with E-state index in [0.717, 1.165) is 19.3 Å². The molecule has 1 amide bonds. The third-order valence-corrected chi connectivity index (χ3v) is 6.22. The Bertz CT molecular complexity index is 525. The van der Waals surface area contributed by atoms with Crippen molar-refractivity contribution in [3.63, 3.8) is 0 Å². The summed E-state index contributed by atoms with van der Waals surface area (Å²) in [5, 5.41) is 5.71. The lowest BCUT2D eigenvalue weighted by Gasteiger charge is -2.31. The van der Waals surface area contributed by atoms with Gasteiger partial charge in [-0.3, -0.25) is 10.1 Å². The van der Waals surface area contributed by atoms with Crippen molar-refractivity contribution in [1.29, 1.82) is 0 Å². The number of amides is 1. The number of hydrogen-bond donors (Lipinski definition) is 1. The van der Waals surface area contributed by atoms with E-state index in [1.54, 1.807) is 11.3 Å². The zero-order valence-electron chi connectivity index (χ0n) is 13.5. The molecule has 1 saturated heterocycles. The topological polar surface area (TPSA) is 32.3 Å². The molecule has 0 spiro atoms. The highest BCUT2D eigenvalue weighted by Crippen LogP contribution is 2.45. The molecule has 116 valence electrons. The van der Waals surface area contributed by atoms with E-state index in [2.05, 4.69) is 55.4 Å². The summed E-state index contributed by atoms with van der Waals surface area (Å²) < 4.78 is 0. The minimum atomic E-state index is -0.415. The third-order valence-electron chi connectivity index (χ3n) is 5.30. The molecule has 2 fully saturated rings. The van der Waals surface area contributed by atoms with E-state index in [4.69, 9.17) is 0 Å². The first kappa shape index (κ1) is 15.0. The molecule has 1 aliphatic heterocycles. The molecule has 1 N–H and O–H groups in total. The van der Waals surface area contributed by atoms with Crippen molar-refractivity contribution in [2.24, 2.45) is 5.41 Å². The summed E-state index contributed by atoms with van der Waals surface area (Å²) >= 11 is 1.74. The van der Waals surface area contributed by atoms with Crippen LogP contribution < -0.4 is 5.32 Å². The second-order valence-corrected chi connectivity index (χ2v) is 8.50. The minimum absolute atomic E-state index is 0.0568. The minimum Gasteiger partial charge on any atom is -0.317 e. The number of carbonyl (C=O) groups is 1. The summed E-state index contributed by atoms with van der Waals surface area (Å²) in [6.45, 7) is 8.79. The van der Waals surface area contributed by atoms with E-state index in [9.17, 15) is 4.79 Å². The Kier molecular flexibility index (Phi) is 3.65. The average Bonchev–Trinajstić information content (AvgIpc) is 3.11. The van der Waals surface area contributed by atoms with E-state index < -0.39 is 5.54 Å². The molecule has 0 radical (unpaired) electrons. The molecule has 1 aromatic heterocycles. The van der Waals surface area contributed by atoms with Gasteiger partial charge < -0.3 is 4.90 Å². The van der Waals surface area contributed by atoms with Crippen molar-refractivity contribution < 1.29 is 4.79 Å². The van der Waals surface area contributed by atoms with Crippen molar-refractivity contribution in [1.82, 2.24) is 10.2 Å². The lowest BCUT2D eigenvalue weighted by atomic mass is 9.91. The quantitative estimate of drug-likeness (QED) is 0.918. The number of nitrogens with zero attached hydrogens (tertiary/aromatic N) is 1. The Morgan fingerprint density at radius 3 is 2.71 bits per heavy atom. The van der Waals surface area contributed by atoms with Gasteiger partial charge >= 0.3 is 0 Å². The van der Waals surface area contributed by atoms with Crippen LogP contribution in [0.2, 0.25) is 0 Å². The molecule has 3 atom stereocenters. The summed E-state index contributed by atoms with van der Waals surface area (Å²) in [7, 11) is 0. The summed E-state index contributed by atoms with van der Waals surface area (Å²) in [5.74, 6) is 0.283. The van der Waals surface area contributed by atoms with Crippen LogP contribution >= 0.6 is 11.3 Å². The fraction of sp³-hybridized carbons (Fsp3) is 0.706. The van der Waals surface area contributed by atoms with Crippen LogP contribution in [-0.2, 0) is 4.79 Å². The lowest BCUT2D eigenvalue weighted by Crippen LogP contribution is -2.44. The van der Waals surface area contributed by atoms with Gasteiger partial charge in [0.25, 0.3) is 0 Å². The van der Waals surface area contributed by atoms with Crippen LogP contribution in [0.3, 0.4) is 0 Å². The first-order valence-electron chi connectivity index (χ1n) is 8.00. The molecule has 0 bridgehead atoms. The normalized spacial score (nSPS) is 35.6. The highest BCUT2D eigenvalue weighted by molar-refractivity contribution is 7.10. The van der Waals surface area contributed by atoms with Gasteiger partial charge in [-0.15, -0.1) is 11.3 Å². The maximum atomic E-state index is 13.0. The Hall–Kier alpha value is -0.870. The van der Waals surface area contributed by atoms with Gasteiger partial charge in [0.1, 0.15) is 6.17 Å². The van der Waals surface area contributed by atoms with Gasteiger partial charge in [-0.2, -0.15) is 0 Å². The first-order chi connectivity index (χ1) is 9.86. The smallest absolute Gasteiger partial charge is 0.244 e. The fourth-order valence-corrected chi connectivity index (χ4v) is 4.53. The Morgan fingerprint density at radius 2 is 2.19 bits per heavy atom. The molecular formula is C17H26N2OS. The number of thiophene rings is 1. The van der Waals surface area contributed by atoms with Gasteiger partial charge in [-0.05, 0) is 49.5 Å². The standard InChI is InChI=1S/C17H26N2OS/c1-5-17(4)15(20)19(12-8-9-16(2,3)11-12)14(18-17)13-7-6-10-21-13/h6-7,10,12,14,18H,5,8-9,11H2,1-4H3. The highest BCUT2D eigenvalue weighted by Gasteiger charge is 2.51. The van der Waals surface area contributed by atoms with E-state index in [1.165, 1.54) is 11.3 Å². The molecule has 2 heterocycles. The van der Waals surface area contributed by atoms with Gasteiger partial charge in [0.2, 0.25) is 5.91 Å². The summed E-state index contributed by atoms with van der Waals surface area (Å²) in [6.07, 6.45) is 4.34.